The molecule has 5 nitrogen and oxygen atoms in total. The van der Waals surface area contributed by atoms with Crippen LogP contribution in [0.3, 0.4) is 0 Å². The van der Waals surface area contributed by atoms with E-state index in [4.69, 9.17) is 18.0 Å². The first kappa shape index (κ1) is 15.8. The Hall–Kier alpha value is -2.60. The number of thiocarbonyl (C=S) groups is 1. The maximum atomic E-state index is 11.0. The molecule has 0 saturated carbocycles. The molecule has 0 aliphatic carbocycles. The molecule has 2 aromatic carbocycles. The number of benzene rings is 2. The maximum absolute atomic E-state index is 11.0. The molecule has 0 spiro atoms. The summed E-state index contributed by atoms with van der Waals surface area (Å²) in [5.74, 6) is -0.445. The fraction of sp³-hybridized carbons (Fsp3) is 0.125. The highest BCUT2D eigenvalue weighted by atomic mass is 32.1. The lowest BCUT2D eigenvalue weighted by Crippen LogP contribution is -2.32. The Morgan fingerprint density at radius 1 is 0.955 bits per heavy atom. The first-order valence-corrected chi connectivity index (χ1v) is 7.29. The Kier molecular flexibility index (Phi) is 5.73. The highest BCUT2D eigenvalue weighted by Crippen LogP contribution is 2.09. The van der Waals surface area contributed by atoms with Gasteiger partial charge in [0.2, 0.25) is 5.91 Å². The normalized spacial score (nSPS) is 9.82. The minimum Gasteiger partial charge on any atom is -0.383 e. The molecule has 22 heavy (non-hydrogen) atoms. The van der Waals surface area contributed by atoms with Gasteiger partial charge in [0, 0.05) is 30.0 Å². The van der Waals surface area contributed by atoms with Gasteiger partial charge in [-0.05, 0) is 48.6 Å². The lowest BCUT2D eigenvalue weighted by Gasteiger charge is -2.11. The zero-order valence-corrected chi connectivity index (χ0v) is 12.8. The van der Waals surface area contributed by atoms with Crippen LogP contribution in [-0.4, -0.2) is 24.1 Å². The minimum atomic E-state index is -0.445. The van der Waals surface area contributed by atoms with Crippen LogP contribution in [0.1, 0.15) is 10.4 Å². The number of nitrogens with one attached hydrogen (secondary N) is 3. The van der Waals surface area contributed by atoms with Gasteiger partial charge in [0.15, 0.2) is 5.11 Å². The Morgan fingerprint density at radius 2 is 1.64 bits per heavy atom. The number of anilines is 2. The molecule has 1 amide bonds. The topological polar surface area (TPSA) is 79.2 Å². The molecule has 0 aromatic heterocycles. The van der Waals surface area contributed by atoms with E-state index in [-0.39, 0.29) is 0 Å². The van der Waals surface area contributed by atoms with Crippen molar-refractivity contribution in [3.63, 3.8) is 0 Å². The van der Waals surface area contributed by atoms with Gasteiger partial charge in [0.25, 0.3) is 0 Å². The molecule has 114 valence electrons. The van der Waals surface area contributed by atoms with Crippen molar-refractivity contribution < 1.29 is 4.79 Å². The fourth-order valence-corrected chi connectivity index (χ4v) is 2.05. The summed E-state index contributed by atoms with van der Waals surface area (Å²) in [6.07, 6.45) is 0. The van der Waals surface area contributed by atoms with E-state index in [0.29, 0.717) is 17.2 Å². The Labute approximate surface area is 134 Å². The van der Waals surface area contributed by atoms with Crippen LogP contribution >= 0.6 is 12.2 Å². The van der Waals surface area contributed by atoms with Crippen LogP contribution < -0.4 is 21.7 Å². The van der Waals surface area contributed by atoms with Gasteiger partial charge in [-0.25, -0.2) is 0 Å². The number of hydrogen-bond acceptors (Lipinski definition) is 3. The first-order valence-electron chi connectivity index (χ1n) is 6.89. The van der Waals surface area contributed by atoms with Gasteiger partial charge in [-0.3, -0.25) is 4.79 Å². The van der Waals surface area contributed by atoms with Crippen LogP contribution in [0.25, 0.3) is 0 Å². The molecule has 0 bridgehead atoms. The van der Waals surface area contributed by atoms with Crippen molar-refractivity contribution >= 4 is 34.6 Å². The van der Waals surface area contributed by atoms with Crippen molar-refractivity contribution in [1.82, 2.24) is 5.32 Å². The fourth-order valence-electron chi connectivity index (χ4n) is 1.83. The second-order valence-corrected chi connectivity index (χ2v) is 5.02. The number of rotatable bonds is 6. The van der Waals surface area contributed by atoms with Crippen molar-refractivity contribution in [2.45, 2.75) is 0 Å². The molecule has 0 saturated heterocycles. The van der Waals surface area contributed by atoms with Gasteiger partial charge >= 0.3 is 0 Å². The number of hydrogen-bond donors (Lipinski definition) is 4. The second-order valence-electron chi connectivity index (χ2n) is 4.62. The van der Waals surface area contributed by atoms with Crippen LogP contribution in [0.15, 0.2) is 54.6 Å². The number of primary amides is 1. The van der Waals surface area contributed by atoms with E-state index < -0.39 is 5.91 Å². The van der Waals surface area contributed by atoms with Crippen molar-refractivity contribution in [2.24, 2.45) is 5.73 Å². The van der Waals surface area contributed by atoms with Crippen LogP contribution in [0, 0.1) is 0 Å². The summed E-state index contributed by atoms with van der Waals surface area (Å²) in [7, 11) is 0. The van der Waals surface area contributed by atoms with Crippen LogP contribution in [0.2, 0.25) is 0 Å². The predicted molar refractivity (Wildman–Crippen MR) is 94.1 cm³/mol. The smallest absolute Gasteiger partial charge is 0.248 e. The van der Waals surface area contributed by atoms with Crippen LogP contribution in [0.4, 0.5) is 11.4 Å². The van der Waals surface area contributed by atoms with Crippen molar-refractivity contribution in [3.05, 3.63) is 60.2 Å². The SMILES string of the molecule is NC(=O)c1ccc(NC(=S)NCCNc2ccccc2)cc1. The largest absolute Gasteiger partial charge is 0.383 e. The Morgan fingerprint density at radius 3 is 2.27 bits per heavy atom. The quantitative estimate of drug-likeness (QED) is 0.485. The van der Waals surface area contributed by atoms with Gasteiger partial charge in [0.1, 0.15) is 0 Å². The van der Waals surface area contributed by atoms with E-state index in [1.807, 2.05) is 30.3 Å². The van der Waals surface area contributed by atoms with Crippen molar-refractivity contribution in [2.75, 3.05) is 23.7 Å². The Bertz CT molecular complexity index is 628. The maximum Gasteiger partial charge on any atom is 0.248 e. The molecule has 0 fully saturated rings. The summed E-state index contributed by atoms with van der Waals surface area (Å²) in [6.45, 7) is 1.45. The number of amides is 1. The number of carbonyl (C=O) groups is 1. The average Bonchev–Trinajstić information content (AvgIpc) is 2.53. The summed E-state index contributed by atoms with van der Waals surface area (Å²) in [5, 5.41) is 9.96. The van der Waals surface area contributed by atoms with Gasteiger partial charge in [-0.2, -0.15) is 0 Å². The summed E-state index contributed by atoms with van der Waals surface area (Å²) >= 11 is 5.21. The molecule has 2 aromatic rings. The molecule has 6 heteroatoms. The van der Waals surface area contributed by atoms with Gasteiger partial charge in [0.05, 0.1) is 0 Å². The third kappa shape index (κ3) is 5.06. The molecule has 0 atom stereocenters. The molecular formula is C16H18N4OS. The zero-order chi connectivity index (χ0) is 15.8. The number of carbonyl (C=O) groups excluding carboxylic acids is 1. The summed E-state index contributed by atoms with van der Waals surface area (Å²) in [4.78, 5) is 11.0. The molecule has 0 heterocycles. The van der Waals surface area contributed by atoms with E-state index in [1.165, 1.54) is 0 Å². The molecule has 2 rings (SSSR count). The monoisotopic (exact) mass is 314 g/mol. The zero-order valence-electron chi connectivity index (χ0n) is 12.0. The van der Waals surface area contributed by atoms with Crippen molar-refractivity contribution in [1.29, 1.82) is 0 Å². The standard InChI is InChI=1S/C16H18N4OS/c17-15(21)12-6-8-14(9-7-12)20-16(22)19-11-10-18-13-4-2-1-3-5-13/h1-9,18H,10-11H2,(H2,17,21)(H2,19,20,22). The average molecular weight is 314 g/mol. The van der Waals surface area contributed by atoms with E-state index in [0.717, 1.165) is 17.9 Å². The molecule has 0 unspecified atom stereocenters. The van der Waals surface area contributed by atoms with E-state index in [1.54, 1.807) is 24.3 Å². The number of para-hydroxylation sites is 1. The molecular weight excluding hydrogens is 296 g/mol. The lowest BCUT2D eigenvalue weighted by atomic mass is 10.2. The highest BCUT2D eigenvalue weighted by molar-refractivity contribution is 7.80. The third-order valence-corrected chi connectivity index (χ3v) is 3.19. The molecule has 0 radical (unpaired) electrons. The van der Waals surface area contributed by atoms with Crippen molar-refractivity contribution in [3.8, 4) is 0 Å². The molecule has 0 aliphatic heterocycles. The van der Waals surface area contributed by atoms with Crippen LogP contribution in [0.5, 0.6) is 0 Å². The minimum absolute atomic E-state index is 0.445. The van der Waals surface area contributed by atoms with Gasteiger partial charge in [-0.15, -0.1) is 0 Å². The summed E-state index contributed by atoms with van der Waals surface area (Å²) in [5.41, 5.74) is 7.54. The summed E-state index contributed by atoms with van der Waals surface area (Å²) in [6, 6.07) is 16.8. The highest BCUT2D eigenvalue weighted by Gasteiger charge is 2.01. The molecule has 0 aliphatic rings. The predicted octanol–water partition coefficient (Wildman–Crippen LogP) is 2.18. The van der Waals surface area contributed by atoms with E-state index in [2.05, 4.69) is 16.0 Å². The lowest BCUT2D eigenvalue weighted by molar-refractivity contribution is 0.100. The third-order valence-electron chi connectivity index (χ3n) is 2.94. The molecule has 5 N–H and O–H groups in total. The van der Waals surface area contributed by atoms with Crippen LogP contribution in [-0.2, 0) is 0 Å². The first-order chi connectivity index (χ1) is 10.6. The van der Waals surface area contributed by atoms with E-state index >= 15 is 0 Å². The second kappa shape index (κ2) is 7.99. The Balaban J connectivity index is 1.70. The number of nitrogens with two attached hydrogens (primary N) is 1. The van der Waals surface area contributed by atoms with E-state index in [9.17, 15) is 4.79 Å². The summed E-state index contributed by atoms with van der Waals surface area (Å²) < 4.78 is 0. The van der Waals surface area contributed by atoms with Gasteiger partial charge < -0.3 is 21.7 Å². The van der Waals surface area contributed by atoms with Gasteiger partial charge in [-0.1, -0.05) is 18.2 Å².